The van der Waals surface area contributed by atoms with Gasteiger partial charge in [-0.25, -0.2) is 4.52 Å². The highest BCUT2D eigenvalue weighted by Gasteiger charge is 2.20. The number of nitro benzene ring substituents is 1. The fraction of sp³-hybridized carbons (Fsp3) is 0.100. The SMILES string of the molecule is Cc1nn2c3ccccc3n(C)c2c1C(=O)C=Cc1ccc([N+](=O)[O-])cc1. The normalized spacial score (nSPS) is 11.6. The highest BCUT2D eigenvalue weighted by molar-refractivity contribution is 6.12. The Kier molecular flexibility index (Phi) is 3.84. The Hall–Kier alpha value is -3.74. The Labute approximate surface area is 154 Å². The molecule has 134 valence electrons. The van der Waals surface area contributed by atoms with Gasteiger partial charge >= 0.3 is 0 Å². The van der Waals surface area contributed by atoms with Crippen LogP contribution in [-0.2, 0) is 7.05 Å². The third-order valence-corrected chi connectivity index (χ3v) is 4.60. The quantitative estimate of drug-likeness (QED) is 0.239. The third kappa shape index (κ3) is 2.69. The fourth-order valence-electron chi connectivity index (χ4n) is 3.28. The first kappa shape index (κ1) is 16.7. The van der Waals surface area contributed by atoms with E-state index in [2.05, 4.69) is 5.10 Å². The van der Waals surface area contributed by atoms with Gasteiger partial charge in [0.1, 0.15) is 5.65 Å². The molecule has 0 saturated heterocycles. The van der Waals surface area contributed by atoms with Gasteiger partial charge in [-0.2, -0.15) is 5.10 Å². The Balaban J connectivity index is 1.74. The van der Waals surface area contributed by atoms with Gasteiger partial charge in [0.2, 0.25) is 0 Å². The number of aromatic nitrogens is 3. The number of nitrogens with zero attached hydrogens (tertiary/aromatic N) is 4. The molecular weight excluding hydrogens is 344 g/mol. The standard InChI is InChI=1S/C20H16N4O3/c1-13-19(18(25)12-9-14-7-10-15(11-8-14)24(26)27)20-22(2)16-5-3-4-6-17(16)23(20)21-13/h3-12H,1-2H3. The number of rotatable bonds is 4. The molecule has 0 bridgehead atoms. The van der Waals surface area contributed by atoms with Crippen LogP contribution in [0.15, 0.2) is 54.6 Å². The second kappa shape index (κ2) is 6.21. The van der Waals surface area contributed by atoms with E-state index < -0.39 is 4.92 Å². The number of benzene rings is 2. The van der Waals surface area contributed by atoms with Gasteiger partial charge in [0.05, 0.1) is 27.2 Å². The zero-order chi connectivity index (χ0) is 19.1. The Bertz CT molecular complexity index is 1230. The summed E-state index contributed by atoms with van der Waals surface area (Å²) >= 11 is 0. The summed E-state index contributed by atoms with van der Waals surface area (Å²) in [6.45, 7) is 1.81. The van der Waals surface area contributed by atoms with E-state index in [1.54, 1.807) is 22.7 Å². The van der Waals surface area contributed by atoms with E-state index in [4.69, 9.17) is 0 Å². The molecule has 0 aliphatic carbocycles. The number of carbonyl (C=O) groups is 1. The molecule has 0 amide bonds. The van der Waals surface area contributed by atoms with E-state index in [0.717, 1.165) is 16.7 Å². The first-order chi connectivity index (χ1) is 13.0. The maximum absolute atomic E-state index is 12.9. The van der Waals surface area contributed by atoms with Gasteiger partial charge in [0.25, 0.3) is 5.69 Å². The predicted molar refractivity (Wildman–Crippen MR) is 103 cm³/mol. The molecule has 0 atom stereocenters. The molecule has 0 aliphatic rings. The van der Waals surface area contributed by atoms with Crippen LogP contribution in [0, 0.1) is 17.0 Å². The van der Waals surface area contributed by atoms with Crippen LogP contribution in [0.3, 0.4) is 0 Å². The lowest BCUT2D eigenvalue weighted by Crippen LogP contribution is -1.99. The van der Waals surface area contributed by atoms with Gasteiger partial charge in [-0.15, -0.1) is 0 Å². The molecule has 7 heteroatoms. The van der Waals surface area contributed by atoms with Crippen LogP contribution in [-0.4, -0.2) is 24.9 Å². The summed E-state index contributed by atoms with van der Waals surface area (Å²) in [5.41, 5.74) is 4.61. The molecule has 27 heavy (non-hydrogen) atoms. The molecule has 0 spiro atoms. The van der Waals surface area contributed by atoms with E-state index in [9.17, 15) is 14.9 Å². The summed E-state index contributed by atoms with van der Waals surface area (Å²) in [5, 5.41) is 15.3. The minimum atomic E-state index is -0.453. The molecule has 0 aliphatic heterocycles. The molecule has 0 radical (unpaired) electrons. The average Bonchev–Trinajstić information content (AvgIpc) is 3.15. The van der Waals surface area contributed by atoms with Crippen molar-refractivity contribution in [1.29, 1.82) is 0 Å². The lowest BCUT2D eigenvalue weighted by atomic mass is 10.1. The summed E-state index contributed by atoms with van der Waals surface area (Å²) in [6.07, 6.45) is 3.13. The van der Waals surface area contributed by atoms with Crippen molar-refractivity contribution >= 4 is 34.2 Å². The smallest absolute Gasteiger partial charge is 0.269 e. The molecular formula is C20H16N4O3. The van der Waals surface area contributed by atoms with Crippen molar-refractivity contribution in [2.75, 3.05) is 0 Å². The lowest BCUT2D eigenvalue weighted by molar-refractivity contribution is -0.384. The van der Waals surface area contributed by atoms with Crippen LogP contribution in [0.25, 0.3) is 22.8 Å². The second-order valence-corrected chi connectivity index (χ2v) is 6.29. The van der Waals surface area contributed by atoms with Gasteiger partial charge in [0, 0.05) is 19.2 Å². The molecule has 4 rings (SSSR count). The number of nitro groups is 1. The van der Waals surface area contributed by atoms with E-state index in [-0.39, 0.29) is 11.5 Å². The average molecular weight is 360 g/mol. The molecule has 2 aromatic carbocycles. The first-order valence-electron chi connectivity index (χ1n) is 8.37. The molecule has 4 aromatic rings. The van der Waals surface area contributed by atoms with Gasteiger partial charge in [0.15, 0.2) is 5.78 Å². The van der Waals surface area contributed by atoms with Crippen LogP contribution >= 0.6 is 0 Å². The van der Waals surface area contributed by atoms with Gasteiger partial charge < -0.3 is 4.57 Å². The minimum Gasteiger partial charge on any atom is -0.327 e. The minimum absolute atomic E-state index is 0.0168. The highest BCUT2D eigenvalue weighted by Crippen LogP contribution is 2.25. The van der Waals surface area contributed by atoms with Crippen LogP contribution in [0.1, 0.15) is 21.6 Å². The summed E-state index contributed by atoms with van der Waals surface area (Å²) in [7, 11) is 1.91. The number of hydrogen-bond acceptors (Lipinski definition) is 4. The summed E-state index contributed by atoms with van der Waals surface area (Å²) < 4.78 is 3.75. The van der Waals surface area contributed by atoms with Gasteiger partial charge in [-0.1, -0.05) is 18.2 Å². The maximum atomic E-state index is 12.9. The van der Waals surface area contributed by atoms with E-state index in [1.807, 2.05) is 42.8 Å². The highest BCUT2D eigenvalue weighted by atomic mass is 16.6. The third-order valence-electron chi connectivity index (χ3n) is 4.60. The van der Waals surface area contributed by atoms with Gasteiger partial charge in [-0.3, -0.25) is 14.9 Å². The van der Waals surface area contributed by atoms with Gasteiger partial charge in [-0.05, 0) is 42.8 Å². The summed E-state index contributed by atoms with van der Waals surface area (Å²) in [4.78, 5) is 23.1. The Morgan fingerprint density at radius 2 is 1.78 bits per heavy atom. The zero-order valence-electron chi connectivity index (χ0n) is 14.8. The number of non-ortho nitro benzene ring substituents is 1. The molecule has 7 nitrogen and oxygen atoms in total. The topological polar surface area (TPSA) is 82.4 Å². The van der Waals surface area contributed by atoms with E-state index in [1.165, 1.54) is 18.2 Å². The van der Waals surface area contributed by atoms with Crippen LogP contribution in [0.2, 0.25) is 0 Å². The van der Waals surface area contributed by atoms with Crippen LogP contribution in [0.4, 0.5) is 5.69 Å². The van der Waals surface area contributed by atoms with Crippen molar-refractivity contribution in [2.24, 2.45) is 7.05 Å². The second-order valence-electron chi connectivity index (χ2n) is 6.29. The largest absolute Gasteiger partial charge is 0.327 e. The maximum Gasteiger partial charge on any atom is 0.269 e. The number of carbonyl (C=O) groups excluding carboxylic acids is 1. The van der Waals surface area contributed by atoms with Crippen molar-refractivity contribution in [3.05, 3.63) is 81.5 Å². The first-order valence-corrected chi connectivity index (χ1v) is 8.37. The van der Waals surface area contributed by atoms with Crippen molar-refractivity contribution in [2.45, 2.75) is 6.92 Å². The van der Waals surface area contributed by atoms with E-state index in [0.29, 0.717) is 16.8 Å². The number of fused-ring (bicyclic) bond motifs is 3. The van der Waals surface area contributed by atoms with Crippen molar-refractivity contribution < 1.29 is 9.72 Å². The summed E-state index contributed by atoms with van der Waals surface area (Å²) in [5.74, 6) is -0.160. The van der Waals surface area contributed by atoms with E-state index >= 15 is 0 Å². The fourth-order valence-corrected chi connectivity index (χ4v) is 3.28. The molecule has 0 N–H and O–H groups in total. The van der Waals surface area contributed by atoms with Crippen molar-refractivity contribution in [3.8, 4) is 0 Å². The monoisotopic (exact) mass is 360 g/mol. The van der Waals surface area contributed by atoms with Crippen LogP contribution < -0.4 is 0 Å². The molecule has 0 saturated carbocycles. The number of aryl methyl sites for hydroxylation is 2. The van der Waals surface area contributed by atoms with Crippen molar-refractivity contribution in [3.63, 3.8) is 0 Å². The molecule has 2 aromatic heterocycles. The zero-order valence-corrected chi connectivity index (χ0v) is 14.8. The molecule has 0 unspecified atom stereocenters. The lowest BCUT2D eigenvalue weighted by Gasteiger charge is -1.99. The Morgan fingerprint density at radius 1 is 1.11 bits per heavy atom. The van der Waals surface area contributed by atoms with Crippen molar-refractivity contribution in [1.82, 2.24) is 14.2 Å². The summed E-state index contributed by atoms with van der Waals surface area (Å²) in [6, 6.07) is 13.9. The number of para-hydroxylation sites is 2. The number of hydrogen-bond donors (Lipinski definition) is 0. The molecule has 0 fully saturated rings. The molecule has 2 heterocycles. The Morgan fingerprint density at radius 3 is 2.44 bits per heavy atom. The number of allylic oxidation sites excluding steroid dienone is 1. The predicted octanol–water partition coefficient (Wildman–Crippen LogP) is 3.94. The number of ketones is 1. The van der Waals surface area contributed by atoms with Crippen LogP contribution in [0.5, 0.6) is 0 Å². The number of imidazole rings is 1.